The number of carbonyl (C=O) groups excluding carboxylic acids is 1. The summed E-state index contributed by atoms with van der Waals surface area (Å²) in [5.74, 6) is -0.0326. The number of rotatable bonds is 3. The molecule has 1 fully saturated rings. The third-order valence-corrected chi connectivity index (χ3v) is 3.85. The number of carbonyl (C=O) groups is 1. The Balaban J connectivity index is 2.03. The molecular formula is C10H11FN2OS. The first-order chi connectivity index (χ1) is 7.16. The number of hydrogen-bond donors (Lipinski definition) is 1. The lowest BCUT2D eigenvalue weighted by molar-refractivity contribution is -0.116. The maximum absolute atomic E-state index is 12.6. The summed E-state index contributed by atoms with van der Waals surface area (Å²) in [6, 6.07) is 2.74. The average Bonchev–Trinajstić information content (AvgIpc) is 3.02. The van der Waals surface area contributed by atoms with Crippen LogP contribution in [-0.2, 0) is 4.79 Å². The van der Waals surface area contributed by atoms with Crippen molar-refractivity contribution in [1.82, 2.24) is 4.98 Å². The van der Waals surface area contributed by atoms with Crippen LogP contribution in [0.1, 0.15) is 12.8 Å². The summed E-state index contributed by atoms with van der Waals surface area (Å²) < 4.78 is 12.3. The molecule has 0 unspecified atom stereocenters. The summed E-state index contributed by atoms with van der Waals surface area (Å²) in [6.07, 6.45) is 4.82. The molecule has 1 heterocycles. The van der Waals surface area contributed by atoms with E-state index in [0.29, 0.717) is 5.82 Å². The van der Waals surface area contributed by atoms with Crippen LogP contribution in [-0.4, -0.2) is 21.9 Å². The van der Waals surface area contributed by atoms with Gasteiger partial charge in [0, 0.05) is 0 Å². The highest BCUT2D eigenvalue weighted by molar-refractivity contribution is 8.01. The summed E-state index contributed by atoms with van der Waals surface area (Å²) >= 11 is 1.55. The van der Waals surface area contributed by atoms with Crippen LogP contribution in [0.5, 0.6) is 0 Å². The number of amides is 1. The number of thioether (sulfide) groups is 1. The third kappa shape index (κ3) is 2.12. The molecular weight excluding hydrogens is 215 g/mol. The van der Waals surface area contributed by atoms with Crippen LogP contribution < -0.4 is 5.32 Å². The molecule has 1 aromatic heterocycles. The fourth-order valence-corrected chi connectivity index (χ4v) is 2.06. The quantitative estimate of drug-likeness (QED) is 0.857. The Morgan fingerprint density at radius 3 is 2.80 bits per heavy atom. The lowest BCUT2D eigenvalue weighted by Gasteiger charge is -2.11. The van der Waals surface area contributed by atoms with Crippen molar-refractivity contribution in [3.63, 3.8) is 0 Å². The van der Waals surface area contributed by atoms with E-state index in [-0.39, 0.29) is 10.7 Å². The molecule has 1 amide bonds. The van der Waals surface area contributed by atoms with E-state index in [2.05, 4.69) is 10.3 Å². The van der Waals surface area contributed by atoms with E-state index in [0.717, 1.165) is 19.0 Å². The summed E-state index contributed by atoms with van der Waals surface area (Å²) in [6.45, 7) is 0. The molecule has 0 saturated heterocycles. The summed E-state index contributed by atoms with van der Waals surface area (Å²) in [4.78, 5) is 15.5. The highest BCUT2D eigenvalue weighted by Crippen LogP contribution is 2.47. The van der Waals surface area contributed by atoms with Gasteiger partial charge in [-0.2, -0.15) is 0 Å². The van der Waals surface area contributed by atoms with Gasteiger partial charge >= 0.3 is 0 Å². The number of pyridine rings is 1. The monoisotopic (exact) mass is 226 g/mol. The Morgan fingerprint density at radius 1 is 1.60 bits per heavy atom. The highest BCUT2D eigenvalue weighted by Gasteiger charge is 2.49. The topological polar surface area (TPSA) is 42.0 Å². The molecule has 1 aliphatic carbocycles. The Bertz CT molecular complexity index is 376. The van der Waals surface area contributed by atoms with E-state index in [4.69, 9.17) is 0 Å². The van der Waals surface area contributed by atoms with Gasteiger partial charge < -0.3 is 5.32 Å². The van der Waals surface area contributed by atoms with Crippen molar-refractivity contribution in [2.75, 3.05) is 11.6 Å². The highest BCUT2D eigenvalue weighted by atomic mass is 32.2. The Kier molecular flexibility index (Phi) is 2.65. The van der Waals surface area contributed by atoms with Gasteiger partial charge in [0.2, 0.25) is 5.91 Å². The van der Waals surface area contributed by atoms with Crippen molar-refractivity contribution in [2.45, 2.75) is 17.6 Å². The minimum Gasteiger partial charge on any atom is -0.309 e. The fourth-order valence-electron chi connectivity index (χ4n) is 1.32. The summed E-state index contributed by atoms with van der Waals surface area (Å²) in [7, 11) is 0. The van der Waals surface area contributed by atoms with Crippen molar-refractivity contribution in [1.29, 1.82) is 0 Å². The third-order valence-electron chi connectivity index (χ3n) is 2.48. The number of hydrogen-bond acceptors (Lipinski definition) is 3. The second-order valence-electron chi connectivity index (χ2n) is 3.51. The molecule has 0 aromatic carbocycles. The SMILES string of the molecule is CSC1(C(=O)Nc2ccc(F)cn2)CC1. The van der Waals surface area contributed by atoms with E-state index in [1.54, 1.807) is 11.8 Å². The molecule has 0 aliphatic heterocycles. The van der Waals surface area contributed by atoms with Gasteiger partial charge in [-0.15, -0.1) is 11.8 Å². The van der Waals surface area contributed by atoms with E-state index < -0.39 is 5.82 Å². The first kappa shape index (κ1) is 10.4. The molecule has 0 radical (unpaired) electrons. The standard InChI is InChI=1S/C10H11FN2OS/c1-15-10(4-5-10)9(14)13-8-3-2-7(11)6-12-8/h2-3,6H,4-5H2,1H3,(H,12,13,14). The zero-order valence-corrected chi connectivity index (χ0v) is 9.10. The normalized spacial score (nSPS) is 17.2. The molecule has 80 valence electrons. The van der Waals surface area contributed by atoms with Crippen molar-refractivity contribution in [2.24, 2.45) is 0 Å². The smallest absolute Gasteiger partial charge is 0.241 e. The van der Waals surface area contributed by atoms with Gasteiger partial charge in [0.25, 0.3) is 0 Å². The number of aromatic nitrogens is 1. The van der Waals surface area contributed by atoms with E-state index in [1.807, 2.05) is 6.26 Å². The molecule has 1 aliphatic rings. The molecule has 0 spiro atoms. The second-order valence-corrected chi connectivity index (χ2v) is 4.70. The Labute approximate surface area is 91.5 Å². The Morgan fingerprint density at radius 2 is 2.33 bits per heavy atom. The minimum absolute atomic E-state index is 0.0332. The van der Waals surface area contributed by atoms with Gasteiger partial charge in [0.15, 0.2) is 0 Å². The first-order valence-electron chi connectivity index (χ1n) is 4.64. The Hall–Kier alpha value is -1.10. The predicted octanol–water partition coefficient (Wildman–Crippen LogP) is 2.05. The fraction of sp³-hybridized carbons (Fsp3) is 0.400. The van der Waals surface area contributed by atoms with Gasteiger partial charge in [-0.3, -0.25) is 4.79 Å². The minimum atomic E-state index is -0.404. The van der Waals surface area contributed by atoms with Gasteiger partial charge in [-0.1, -0.05) is 0 Å². The van der Waals surface area contributed by atoms with Gasteiger partial charge in [0.1, 0.15) is 11.6 Å². The van der Waals surface area contributed by atoms with Crippen LogP contribution in [0.25, 0.3) is 0 Å². The second kappa shape index (κ2) is 3.81. The van der Waals surface area contributed by atoms with E-state index in [9.17, 15) is 9.18 Å². The van der Waals surface area contributed by atoms with Gasteiger partial charge in [-0.25, -0.2) is 9.37 Å². The van der Waals surface area contributed by atoms with Crippen molar-refractivity contribution >= 4 is 23.5 Å². The molecule has 3 nitrogen and oxygen atoms in total. The summed E-state index contributed by atoms with van der Waals surface area (Å²) in [5.41, 5.74) is 0. The van der Waals surface area contributed by atoms with Crippen molar-refractivity contribution in [3.05, 3.63) is 24.1 Å². The van der Waals surface area contributed by atoms with Crippen molar-refractivity contribution in [3.8, 4) is 0 Å². The number of nitrogens with zero attached hydrogens (tertiary/aromatic N) is 1. The van der Waals surface area contributed by atoms with Crippen molar-refractivity contribution < 1.29 is 9.18 Å². The number of nitrogens with one attached hydrogen (secondary N) is 1. The molecule has 2 rings (SSSR count). The molecule has 1 saturated carbocycles. The van der Waals surface area contributed by atoms with Crippen LogP contribution in [0.2, 0.25) is 0 Å². The lowest BCUT2D eigenvalue weighted by Crippen LogP contribution is -2.26. The van der Waals surface area contributed by atoms with Crippen LogP contribution in [0.4, 0.5) is 10.2 Å². The first-order valence-corrected chi connectivity index (χ1v) is 5.87. The van der Waals surface area contributed by atoms with Crippen LogP contribution in [0.3, 0.4) is 0 Å². The maximum Gasteiger partial charge on any atom is 0.241 e. The lowest BCUT2D eigenvalue weighted by atomic mass is 10.3. The number of anilines is 1. The van der Waals surface area contributed by atoms with Crippen LogP contribution >= 0.6 is 11.8 Å². The van der Waals surface area contributed by atoms with E-state index in [1.165, 1.54) is 12.1 Å². The molecule has 15 heavy (non-hydrogen) atoms. The average molecular weight is 226 g/mol. The number of halogens is 1. The maximum atomic E-state index is 12.6. The zero-order chi connectivity index (χ0) is 10.9. The van der Waals surface area contributed by atoms with E-state index >= 15 is 0 Å². The molecule has 1 N–H and O–H groups in total. The summed E-state index contributed by atoms with van der Waals surface area (Å²) in [5, 5.41) is 2.69. The largest absolute Gasteiger partial charge is 0.309 e. The zero-order valence-electron chi connectivity index (χ0n) is 8.29. The molecule has 5 heteroatoms. The predicted molar refractivity (Wildman–Crippen MR) is 58.3 cm³/mol. The molecule has 0 atom stereocenters. The molecule has 1 aromatic rings. The van der Waals surface area contributed by atoms with Crippen LogP contribution in [0.15, 0.2) is 18.3 Å². The molecule has 0 bridgehead atoms. The van der Waals surface area contributed by atoms with Crippen LogP contribution in [0, 0.1) is 5.82 Å². The van der Waals surface area contributed by atoms with Gasteiger partial charge in [-0.05, 0) is 31.2 Å². The van der Waals surface area contributed by atoms with Gasteiger partial charge in [0.05, 0.1) is 10.9 Å².